The van der Waals surface area contributed by atoms with E-state index in [0.29, 0.717) is 6.42 Å². The number of rotatable bonds is 2. The van der Waals surface area contributed by atoms with Crippen molar-refractivity contribution in [1.82, 2.24) is 0 Å². The molecular formula is C13H12O3. The number of hydrogen-bond acceptors (Lipinski definition) is 2. The van der Waals surface area contributed by atoms with E-state index in [1.165, 1.54) is 0 Å². The third-order valence-corrected chi connectivity index (χ3v) is 3.85. The van der Waals surface area contributed by atoms with Crippen LogP contribution in [0.3, 0.4) is 0 Å². The highest BCUT2D eigenvalue weighted by Crippen LogP contribution is 2.61. The van der Waals surface area contributed by atoms with Crippen LogP contribution < -0.4 is 0 Å². The van der Waals surface area contributed by atoms with Crippen LogP contribution in [0.4, 0.5) is 0 Å². The first-order valence-corrected chi connectivity index (χ1v) is 5.50. The van der Waals surface area contributed by atoms with Gasteiger partial charge < -0.3 is 5.11 Å². The van der Waals surface area contributed by atoms with Gasteiger partial charge in [0.2, 0.25) is 0 Å². The molecule has 3 rings (SSSR count). The summed E-state index contributed by atoms with van der Waals surface area (Å²) in [7, 11) is 0. The van der Waals surface area contributed by atoms with Crippen molar-refractivity contribution >= 4 is 11.8 Å². The van der Waals surface area contributed by atoms with E-state index in [2.05, 4.69) is 0 Å². The molecule has 4 unspecified atom stereocenters. The largest absolute Gasteiger partial charge is 0.481 e. The van der Waals surface area contributed by atoms with Crippen molar-refractivity contribution in [2.45, 2.75) is 12.3 Å². The van der Waals surface area contributed by atoms with E-state index in [1.807, 2.05) is 30.3 Å². The average Bonchev–Trinajstić information content (AvgIpc) is 2.94. The number of Topliss-reactive ketones (excluding diaryl/α,β-unsaturated/α-hetero) is 1. The molecule has 0 saturated heterocycles. The highest BCUT2D eigenvalue weighted by atomic mass is 16.4. The van der Waals surface area contributed by atoms with E-state index in [4.69, 9.17) is 5.11 Å². The van der Waals surface area contributed by atoms with E-state index in [-0.39, 0.29) is 23.5 Å². The number of carbonyl (C=O) groups excluding carboxylic acids is 1. The van der Waals surface area contributed by atoms with Gasteiger partial charge in [-0.25, -0.2) is 0 Å². The second-order valence-corrected chi connectivity index (χ2v) is 4.65. The molecule has 0 bridgehead atoms. The number of aliphatic carboxylic acids is 1. The predicted molar refractivity (Wildman–Crippen MR) is 56.9 cm³/mol. The molecule has 1 N–H and O–H groups in total. The van der Waals surface area contributed by atoms with Gasteiger partial charge in [-0.1, -0.05) is 30.3 Å². The van der Waals surface area contributed by atoms with Gasteiger partial charge in [-0.05, 0) is 17.4 Å². The van der Waals surface area contributed by atoms with E-state index < -0.39 is 11.9 Å². The first-order chi connectivity index (χ1) is 7.70. The minimum atomic E-state index is -0.816. The van der Waals surface area contributed by atoms with Crippen LogP contribution in [0.5, 0.6) is 0 Å². The normalized spacial score (nSPS) is 35.9. The van der Waals surface area contributed by atoms with Crippen molar-refractivity contribution in [2.24, 2.45) is 17.8 Å². The van der Waals surface area contributed by atoms with Crippen LogP contribution in [-0.4, -0.2) is 16.9 Å². The molecule has 2 saturated carbocycles. The van der Waals surface area contributed by atoms with Gasteiger partial charge in [-0.15, -0.1) is 0 Å². The van der Waals surface area contributed by atoms with Crippen LogP contribution >= 0.6 is 0 Å². The first kappa shape index (κ1) is 9.58. The molecule has 0 aromatic heterocycles. The summed E-state index contributed by atoms with van der Waals surface area (Å²) in [6, 6.07) is 9.77. The van der Waals surface area contributed by atoms with Gasteiger partial charge in [0.15, 0.2) is 0 Å². The molecule has 2 aliphatic rings. The maximum atomic E-state index is 11.7. The molecule has 4 atom stereocenters. The van der Waals surface area contributed by atoms with E-state index in [0.717, 1.165) is 5.56 Å². The summed E-state index contributed by atoms with van der Waals surface area (Å²) in [6.07, 6.45) is 0.517. The molecule has 16 heavy (non-hydrogen) atoms. The zero-order valence-electron chi connectivity index (χ0n) is 8.67. The van der Waals surface area contributed by atoms with Gasteiger partial charge in [0.25, 0.3) is 0 Å². The fourth-order valence-corrected chi connectivity index (χ4v) is 3.10. The van der Waals surface area contributed by atoms with Crippen LogP contribution in [0.1, 0.15) is 17.9 Å². The predicted octanol–water partition coefficient (Wildman–Crippen LogP) is 1.69. The third kappa shape index (κ3) is 1.21. The van der Waals surface area contributed by atoms with Crippen molar-refractivity contribution in [3.8, 4) is 0 Å². The third-order valence-electron chi connectivity index (χ3n) is 3.85. The van der Waals surface area contributed by atoms with Gasteiger partial charge in [0.1, 0.15) is 5.78 Å². The highest BCUT2D eigenvalue weighted by Gasteiger charge is 2.66. The summed E-state index contributed by atoms with van der Waals surface area (Å²) in [6.45, 7) is 0. The molecule has 2 aliphatic carbocycles. The first-order valence-electron chi connectivity index (χ1n) is 5.50. The smallest absolute Gasteiger partial charge is 0.307 e. The molecule has 0 heterocycles. The highest BCUT2D eigenvalue weighted by molar-refractivity contribution is 5.95. The average molecular weight is 216 g/mol. The Hall–Kier alpha value is -1.64. The fraction of sp³-hybridized carbons (Fsp3) is 0.385. The summed E-state index contributed by atoms with van der Waals surface area (Å²) >= 11 is 0. The van der Waals surface area contributed by atoms with Gasteiger partial charge in [-0.3, -0.25) is 9.59 Å². The molecule has 1 aromatic rings. The lowest BCUT2D eigenvalue weighted by molar-refractivity contribution is -0.140. The Bertz CT molecular complexity index is 448. The fourth-order valence-electron chi connectivity index (χ4n) is 3.10. The monoisotopic (exact) mass is 216 g/mol. The molecule has 3 heteroatoms. The minimum Gasteiger partial charge on any atom is -0.481 e. The van der Waals surface area contributed by atoms with Crippen molar-refractivity contribution in [2.75, 3.05) is 0 Å². The molecule has 1 aromatic carbocycles. The van der Waals surface area contributed by atoms with E-state index in [9.17, 15) is 9.59 Å². The molecule has 2 fully saturated rings. The zero-order valence-corrected chi connectivity index (χ0v) is 8.67. The molecule has 0 amide bonds. The summed E-state index contributed by atoms with van der Waals surface area (Å²) in [5.74, 6) is -1.14. The Morgan fingerprint density at radius 2 is 1.94 bits per heavy atom. The molecular weight excluding hydrogens is 204 g/mol. The Kier molecular flexibility index (Phi) is 1.90. The van der Waals surface area contributed by atoms with Crippen molar-refractivity contribution < 1.29 is 14.7 Å². The number of carboxylic acid groups (broad SMARTS) is 1. The summed E-state index contributed by atoms with van der Waals surface area (Å²) in [5.41, 5.74) is 1.10. The summed E-state index contributed by atoms with van der Waals surface area (Å²) in [5, 5.41) is 8.99. The van der Waals surface area contributed by atoms with Gasteiger partial charge in [-0.2, -0.15) is 0 Å². The molecule has 82 valence electrons. The molecule has 3 nitrogen and oxygen atoms in total. The maximum absolute atomic E-state index is 11.7. The molecule has 0 spiro atoms. The summed E-state index contributed by atoms with van der Waals surface area (Å²) < 4.78 is 0. The Labute approximate surface area is 93.1 Å². The van der Waals surface area contributed by atoms with Crippen molar-refractivity contribution in [3.05, 3.63) is 35.9 Å². The lowest BCUT2D eigenvalue weighted by Gasteiger charge is -2.12. The summed E-state index contributed by atoms with van der Waals surface area (Å²) in [4.78, 5) is 22.6. The number of benzene rings is 1. The van der Waals surface area contributed by atoms with E-state index in [1.54, 1.807) is 0 Å². The lowest BCUT2D eigenvalue weighted by Crippen LogP contribution is -2.12. The number of carboxylic acids is 1. The number of fused-ring (bicyclic) bond motifs is 1. The zero-order chi connectivity index (χ0) is 11.3. The van der Waals surface area contributed by atoms with Crippen molar-refractivity contribution in [1.29, 1.82) is 0 Å². The Balaban J connectivity index is 1.89. The van der Waals surface area contributed by atoms with E-state index >= 15 is 0 Å². The minimum absolute atomic E-state index is 0.0485. The second-order valence-electron chi connectivity index (χ2n) is 4.65. The maximum Gasteiger partial charge on any atom is 0.307 e. The Morgan fingerprint density at radius 1 is 1.25 bits per heavy atom. The number of ketones is 1. The molecule has 0 aliphatic heterocycles. The van der Waals surface area contributed by atoms with Crippen molar-refractivity contribution in [3.63, 3.8) is 0 Å². The van der Waals surface area contributed by atoms with Crippen LogP contribution in [0.2, 0.25) is 0 Å². The Morgan fingerprint density at radius 3 is 2.50 bits per heavy atom. The second kappa shape index (κ2) is 3.17. The van der Waals surface area contributed by atoms with Crippen LogP contribution in [0.15, 0.2) is 30.3 Å². The van der Waals surface area contributed by atoms with Crippen LogP contribution in [-0.2, 0) is 9.59 Å². The van der Waals surface area contributed by atoms with Crippen LogP contribution in [0, 0.1) is 17.8 Å². The number of carbonyl (C=O) groups is 2. The standard InChI is InChI=1S/C13H12O3/c14-9-6-8(7-4-2-1-3-5-7)10-11(9)12(10)13(15)16/h1-5,8,10-12H,6H2,(H,15,16). The van der Waals surface area contributed by atoms with Gasteiger partial charge in [0.05, 0.1) is 5.92 Å². The SMILES string of the molecule is O=C(O)C1C2C(=O)CC(c3ccccc3)C12. The topological polar surface area (TPSA) is 54.4 Å². The molecule has 0 radical (unpaired) electrons. The lowest BCUT2D eigenvalue weighted by atomic mass is 9.92. The van der Waals surface area contributed by atoms with Gasteiger partial charge in [0, 0.05) is 12.3 Å². The quantitative estimate of drug-likeness (QED) is 0.818. The number of hydrogen-bond donors (Lipinski definition) is 1. The van der Waals surface area contributed by atoms with Crippen LogP contribution in [0.25, 0.3) is 0 Å². The van der Waals surface area contributed by atoms with Gasteiger partial charge >= 0.3 is 5.97 Å².